The first kappa shape index (κ1) is 19.4. The van der Waals surface area contributed by atoms with Crippen LogP contribution in [0.15, 0.2) is 4.99 Å². The second-order valence-corrected chi connectivity index (χ2v) is 7.39. The molecule has 5 heteroatoms. The van der Waals surface area contributed by atoms with Crippen LogP contribution in [-0.4, -0.2) is 49.6 Å². The van der Waals surface area contributed by atoms with Crippen molar-refractivity contribution in [3.63, 3.8) is 0 Å². The number of unbranched alkanes of at least 4 members (excludes halogenated alkanes) is 1. The van der Waals surface area contributed by atoms with Gasteiger partial charge in [0.1, 0.15) is 0 Å². The second kappa shape index (κ2) is 10.2. The number of likely N-dealkylation sites (tertiary alicyclic amines) is 1. The van der Waals surface area contributed by atoms with E-state index in [4.69, 9.17) is 0 Å². The van der Waals surface area contributed by atoms with Gasteiger partial charge in [0.25, 0.3) is 0 Å². The first-order chi connectivity index (χ1) is 9.79. The summed E-state index contributed by atoms with van der Waals surface area (Å²) in [7, 11) is 1.93. The topological polar surface area (TPSA) is 27.6 Å². The van der Waals surface area contributed by atoms with Crippen molar-refractivity contribution in [2.45, 2.75) is 51.4 Å². The van der Waals surface area contributed by atoms with Gasteiger partial charge in [-0.25, -0.2) is 0 Å². The van der Waals surface area contributed by atoms with Crippen LogP contribution in [0.3, 0.4) is 0 Å². The molecule has 1 heterocycles. The Morgan fingerprint density at radius 1 is 1.19 bits per heavy atom. The third kappa shape index (κ3) is 5.81. The maximum atomic E-state index is 4.49. The lowest BCUT2D eigenvalue weighted by atomic mass is 9.73. The molecule has 1 aliphatic heterocycles. The predicted molar refractivity (Wildman–Crippen MR) is 106 cm³/mol. The number of hydrogen-bond acceptors (Lipinski definition) is 2. The molecular formula is C16H32IN3S. The minimum atomic E-state index is 0. The molecule has 0 aromatic heterocycles. The molecule has 1 N–H and O–H groups in total. The summed E-state index contributed by atoms with van der Waals surface area (Å²) in [5.74, 6) is 2.41. The van der Waals surface area contributed by atoms with Crippen LogP contribution in [-0.2, 0) is 0 Å². The van der Waals surface area contributed by atoms with Crippen molar-refractivity contribution in [1.29, 1.82) is 0 Å². The van der Waals surface area contributed by atoms with E-state index < -0.39 is 0 Å². The second-order valence-electron chi connectivity index (χ2n) is 6.41. The molecule has 124 valence electrons. The van der Waals surface area contributed by atoms with Crippen LogP contribution < -0.4 is 5.32 Å². The lowest BCUT2D eigenvalue weighted by molar-refractivity contribution is 0.203. The minimum absolute atomic E-state index is 0. The quantitative estimate of drug-likeness (QED) is 0.313. The van der Waals surface area contributed by atoms with Crippen molar-refractivity contribution in [3.05, 3.63) is 0 Å². The molecule has 1 saturated carbocycles. The summed E-state index contributed by atoms with van der Waals surface area (Å²) >= 11 is 1.94. The Labute approximate surface area is 152 Å². The summed E-state index contributed by atoms with van der Waals surface area (Å²) < 4.78 is 0. The molecule has 1 saturated heterocycles. The van der Waals surface area contributed by atoms with Gasteiger partial charge in [-0.2, -0.15) is 11.8 Å². The molecule has 2 fully saturated rings. The van der Waals surface area contributed by atoms with E-state index >= 15 is 0 Å². The zero-order valence-corrected chi connectivity index (χ0v) is 16.8. The van der Waals surface area contributed by atoms with Crippen LogP contribution >= 0.6 is 35.7 Å². The molecule has 0 atom stereocenters. The van der Waals surface area contributed by atoms with Gasteiger partial charge >= 0.3 is 0 Å². The summed E-state index contributed by atoms with van der Waals surface area (Å²) in [4.78, 5) is 6.99. The lowest BCUT2D eigenvalue weighted by Crippen LogP contribution is -2.42. The van der Waals surface area contributed by atoms with Crippen molar-refractivity contribution in [2.24, 2.45) is 10.4 Å². The van der Waals surface area contributed by atoms with Crippen LogP contribution in [0.4, 0.5) is 0 Å². The Kier molecular flexibility index (Phi) is 9.41. The number of rotatable bonds is 5. The van der Waals surface area contributed by atoms with E-state index in [1.54, 1.807) is 0 Å². The van der Waals surface area contributed by atoms with E-state index in [0.29, 0.717) is 5.41 Å². The van der Waals surface area contributed by atoms with Crippen molar-refractivity contribution in [3.8, 4) is 0 Å². The average molecular weight is 425 g/mol. The van der Waals surface area contributed by atoms with E-state index in [1.807, 2.05) is 18.8 Å². The first-order valence-electron chi connectivity index (χ1n) is 8.24. The van der Waals surface area contributed by atoms with Crippen LogP contribution in [0.25, 0.3) is 0 Å². The molecule has 2 aliphatic rings. The summed E-state index contributed by atoms with van der Waals surface area (Å²) in [6.45, 7) is 3.50. The van der Waals surface area contributed by atoms with Gasteiger partial charge in [0.05, 0.1) is 0 Å². The largest absolute Gasteiger partial charge is 0.356 e. The number of halogens is 1. The molecule has 0 amide bonds. The highest BCUT2D eigenvalue weighted by molar-refractivity contribution is 14.0. The smallest absolute Gasteiger partial charge is 0.193 e. The molecule has 0 unspecified atom stereocenters. The SMILES string of the molecule is CN=C(NCCCCSC)N1CCC2(CCCCC2)C1.I. The first-order valence-corrected chi connectivity index (χ1v) is 9.64. The maximum absolute atomic E-state index is 4.49. The van der Waals surface area contributed by atoms with Gasteiger partial charge in [-0.15, -0.1) is 24.0 Å². The van der Waals surface area contributed by atoms with Gasteiger partial charge < -0.3 is 10.2 Å². The number of nitrogens with zero attached hydrogens (tertiary/aromatic N) is 2. The fourth-order valence-corrected chi connectivity index (χ4v) is 4.22. The van der Waals surface area contributed by atoms with Crippen LogP contribution in [0.5, 0.6) is 0 Å². The predicted octanol–water partition coefficient (Wildman–Crippen LogP) is 3.98. The molecular weight excluding hydrogens is 393 g/mol. The van der Waals surface area contributed by atoms with Crippen molar-refractivity contribution in [1.82, 2.24) is 10.2 Å². The monoisotopic (exact) mass is 425 g/mol. The highest BCUT2D eigenvalue weighted by atomic mass is 127. The number of guanidine groups is 1. The van der Waals surface area contributed by atoms with Gasteiger partial charge in [0.15, 0.2) is 5.96 Å². The van der Waals surface area contributed by atoms with E-state index in [1.165, 1.54) is 70.2 Å². The number of nitrogens with one attached hydrogen (secondary N) is 1. The van der Waals surface area contributed by atoms with Gasteiger partial charge in [-0.3, -0.25) is 4.99 Å². The lowest BCUT2D eigenvalue weighted by Gasteiger charge is -2.33. The Morgan fingerprint density at radius 2 is 1.95 bits per heavy atom. The summed E-state index contributed by atoms with van der Waals surface area (Å²) in [6, 6.07) is 0. The zero-order valence-electron chi connectivity index (χ0n) is 13.7. The van der Waals surface area contributed by atoms with Crippen LogP contribution in [0.1, 0.15) is 51.4 Å². The van der Waals surface area contributed by atoms with Gasteiger partial charge in [0.2, 0.25) is 0 Å². The van der Waals surface area contributed by atoms with Gasteiger partial charge in [0, 0.05) is 26.7 Å². The Balaban J connectivity index is 0.00000220. The fourth-order valence-electron chi connectivity index (χ4n) is 3.73. The number of hydrogen-bond donors (Lipinski definition) is 1. The van der Waals surface area contributed by atoms with Gasteiger partial charge in [-0.05, 0) is 49.5 Å². The Morgan fingerprint density at radius 3 is 2.62 bits per heavy atom. The van der Waals surface area contributed by atoms with Crippen LogP contribution in [0, 0.1) is 5.41 Å². The minimum Gasteiger partial charge on any atom is -0.356 e. The van der Waals surface area contributed by atoms with E-state index in [2.05, 4.69) is 21.5 Å². The maximum Gasteiger partial charge on any atom is 0.193 e. The molecule has 1 spiro atoms. The van der Waals surface area contributed by atoms with Crippen LogP contribution in [0.2, 0.25) is 0 Å². The van der Waals surface area contributed by atoms with Gasteiger partial charge in [-0.1, -0.05) is 19.3 Å². The van der Waals surface area contributed by atoms with Crippen molar-refractivity contribution in [2.75, 3.05) is 38.7 Å². The number of thioether (sulfide) groups is 1. The Bertz CT molecular complexity index is 317. The molecule has 0 bridgehead atoms. The third-order valence-electron chi connectivity index (χ3n) is 4.92. The van der Waals surface area contributed by atoms with Crippen molar-refractivity contribution >= 4 is 41.7 Å². The number of aliphatic imine (C=N–C) groups is 1. The fraction of sp³-hybridized carbons (Fsp3) is 0.938. The van der Waals surface area contributed by atoms with Crippen molar-refractivity contribution < 1.29 is 0 Å². The molecule has 2 rings (SSSR count). The van der Waals surface area contributed by atoms with E-state index in [0.717, 1.165) is 12.5 Å². The summed E-state index contributed by atoms with van der Waals surface area (Å²) in [5, 5.41) is 3.56. The van der Waals surface area contributed by atoms with E-state index in [9.17, 15) is 0 Å². The molecule has 1 aliphatic carbocycles. The molecule has 0 aromatic rings. The normalized spacial score (nSPS) is 21.4. The average Bonchev–Trinajstić information content (AvgIpc) is 2.87. The highest BCUT2D eigenvalue weighted by Crippen LogP contribution is 2.43. The van der Waals surface area contributed by atoms with E-state index in [-0.39, 0.29) is 24.0 Å². The molecule has 0 aromatic carbocycles. The zero-order chi connectivity index (χ0) is 14.3. The Hall–Kier alpha value is 0.350. The third-order valence-corrected chi connectivity index (χ3v) is 5.62. The molecule has 3 nitrogen and oxygen atoms in total. The standard InChI is InChI=1S/C16H31N3S.HI/c1-17-15(18-11-6-7-13-20-2)19-12-10-16(14-19)8-4-3-5-9-16;/h3-14H2,1-2H3,(H,17,18);1H. The molecule has 21 heavy (non-hydrogen) atoms. The highest BCUT2D eigenvalue weighted by Gasteiger charge is 2.39. The molecule has 0 radical (unpaired) electrons. The summed E-state index contributed by atoms with van der Waals surface area (Å²) in [5.41, 5.74) is 0.620. The summed E-state index contributed by atoms with van der Waals surface area (Å²) in [6.07, 6.45) is 13.3.